The lowest BCUT2D eigenvalue weighted by Crippen LogP contribution is -3.00. The van der Waals surface area contributed by atoms with E-state index in [1.54, 1.807) is 18.2 Å². The molecule has 0 amide bonds. The molecule has 0 saturated heterocycles. The zero-order chi connectivity index (χ0) is 10.2. The number of fused-ring (bicyclic) bond motifs is 1. The standard InChI is InChI=1S/C10H9NO2S.ClH/c11-14(12,13)10-7-3-5-8-4-1-2-6-9(8)10;/h1-7H,(H2,11,12,13);1H/p-1. The first kappa shape index (κ1) is 12.0. The third kappa shape index (κ3) is 2.28. The number of hydrogen-bond donors (Lipinski definition) is 1. The van der Waals surface area contributed by atoms with E-state index in [1.807, 2.05) is 18.2 Å². The average Bonchev–Trinajstić information content (AvgIpc) is 2.15. The number of nitrogens with two attached hydrogens (primary N) is 1. The van der Waals surface area contributed by atoms with Gasteiger partial charge >= 0.3 is 0 Å². The van der Waals surface area contributed by atoms with Crippen molar-refractivity contribution in [3.05, 3.63) is 42.5 Å². The second-order valence-electron chi connectivity index (χ2n) is 3.02. The van der Waals surface area contributed by atoms with Crippen molar-refractivity contribution in [2.75, 3.05) is 0 Å². The second kappa shape index (κ2) is 4.18. The molecule has 0 atom stereocenters. The Morgan fingerprint density at radius 2 is 1.53 bits per heavy atom. The molecule has 2 aromatic carbocycles. The van der Waals surface area contributed by atoms with Crippen LogP contribution in [0.3, 0.4) is 0 Å². The van der Waals surface area contributed by atoms with Gasteiger partial charge < -0.3 is 12.4 Å². The van der Waals surface area contributed by atoms with Gasteiger partial charge in [-0.25, -0.2) is 13.6 Å². The lowest BCUT2D eigenvalue weighted by Gasteiger charge is -2.02. The molecule has 15 heavy (non-hydrogen) atoms. The molecule has 0 spiro atoms. The summed E-state index contributed by atoms with van der Waals surface area (Å²) >= 11 is 0. The maximum absolute atomic E-state index is 11.2. The first-order valence-corrected chi connectivity index (χ1v) is 5.64. The lowest BCUT2D eigenvalue weighted by molar-refractivity contribution is -0.00000541. The van der Waals surface area contributed by atoms with Crippen LogP contribution >= 0.6 is 0 Å². The summed E-state index contributed by atoms with van der Waals surface area (Å²) in [7, 11) is -3.63. The molecule has 5 heteroatoms. The van der Waals surface area contributed by atoms with Crippen LogP contribution in [-0.2, 0) is 10.0 Å². The Morgan fingerprint density at radius 1 is 0.933 bits per heavy atom. The van der Waals surface area contributed by atoms with Gasteiger partial charge in [0.15, 0.2) is 0 Å². The third-order valence-electron chi connectivity index (χ3n) is 2.06. The Hall–Kier alpha value is -1.10. The smallest absolute Gasteiger partial charge is 0.238 e. The molecule has 80 valence electrons. The largest absolute Gasteiger partial charge is 1.00 e. The number of benzene rings is 2. The Bertz CT molecular complexity index is 575. The number of hydrogen-bond acceptors (Lipinski definition) is 2. The molecular weight excluding hydrogens is 234 g/mol. The molecule has 0 saturated carbocycles. The quantitative estimate of drug-likeness (QED) is 0.661. The zero-order valence-electron chi connectivity index (χ0n) is 7.72. The number of rotatable bonds is 1. The van der Waals surface area contributed by atoms with E-state index in [9.17, 15) is 8.42 Å². The van der Waals surface area contributed by atoms with Crippen LogP contribution in [-0.4, -0.2) is 8.42 Å². The van der Waals surface area contributed by atoms with E-state index in [2.05, 4.69) is 0 Å². The molecule has 0 radical (unpaired) electrons. The summed E-state index contributed by atoms with van der Waals surface area (Å²) in [6, 6.07) is 12.3. The Labute approximate surface area is 94.4 Å². The van der Waals surface area contributed by atoms with Gasteiger partial charge in [0.05, 0.1) is 4.90 Å². The van der Waals surface area contributed by atoms with Gasteiger partial charge in [-0.05, 0) is 11.5 Å². The SMILES string of the molecule is NS(=O)(=O)c1cccc2ccccc12.[Cl-]. The van der Waals surface area contributed by atoms with Crippen molar-refractivity contribution in [3.63, 3.8) is 0 Å². The minimum absolute atomic E-state index is 0. The molecule has 3 nitrogen and oxygen atoms in total. The van der Waals surface area contributed by atoms with Crippen molar-refractivity contribution >= 4 is 20.8 Å². The maximum Gasteiger partial charge on any atom is 0.238 e. The van der Waals surface area contributed by atoms with Crippen LogP contribution in [0.25, 0.3) is 10.8 Å². The third-order valence-corrected chi connectivity index (χ3v) is 3.03. The van der Waals surface area contributed by atoms with E-state index in [1.165, 1.54) is 6.07 Å². The molecular formula is C10H9ClNO2S-. The number of primary sulfonamides is 1. The van der Waals surface area contributed by atoms with Gasteiger partial charge in [0.2, 0.25) is 10.0 Å². The van der Waals surface area contributed by atoms with Crippen LogP contribution in [0.5, 0.6) is 0 Å². The zero-order valence-corrected chi connectivity index (χ0v) is 9.29. The molecule has 0 aliphatic rings. The summed E-state index contributed by atoms with van der Waals surface area (Å²) in [6.07, 6.45) is 0. The summed E-state index contributed by atoms with van der Waals surface area (Å²) in [5, 5.41) is 6.63. The molecule has 0 aliphatic heterocycles. The number of sulfonamides is 1. The molecule has 0 bridgehead atoms. The highest BCUT2D eigenvalue weighted by molar-refractivity contribution is 7.89. The van der Waals surface area contributed by atoms with E-state index < -0.39 is 10.0 Å². The van der Waals surface area contributed by atoms with Gasteiger partial charge in [0.1, 0.15) is 0 Å². The lowest BCUT2D eigenvalue weighted by atomic mass is 10.1. The van der Waals surface area contributed by atoms with Gasteiger partial charge in [-0.15, -0.1) is 0 Å². The van der Waals surface area contributed by atoms with Crippen molar-refractivity contribution in [2.45, 2.75) is 4.90 Å². The summed E-state index contributed by atoms with van der Waals surface area (Å²) in [5.41, 5.74) is 0. The highest BCUT2D eigenvalue weighted by atomic mass is 35.5. The highest BCUT2D eigenvalue weighted by Gasteiger charge is 2.10. The molecule has 2 aromatic rings. The van der Waals surface area contributed by atoms with Crippen molar-refractivity contribution in [1.82, 2.24) is 0 Å². The summed E-state index contributed by atoms with van der Waals surface area (Å²) in [4.78, 5) is 0.176. The summed E-state index contributed by atoms with van der Waals surface area (Å²) < 4.78 is 22.4. The fraction of sp³-hybridized carbons (Fsp3) is 0. The highest BCUT2D eigenvalue weighted by Crippen LogP contribution is 2.21. The van der Waals surface area contributed by atoms with Gasteiger partial charge in [0.25, 0.3) is 0 Å². The van der Waals surface area contributed by atoms with Crippen LogP contribution in [0.1, 0.15) is 0 Å². The first-order chi connectivity index (χ1) is 6.59. The average molecular weight is 243 g/mol. The second-order valence-corrected chi connectivity index (χ2v) is 4.55. The predicted molar refractivity (Wildman–Crippen MR) is 55.3 cm³/mol. The van der Waals surface area contributed by atoms with E-state index in [0.717, 1.165) is 5.39 Å². The molecule has 0 aliphatic carbocycles. The molecule has 0 aromatic heterocycles. The Kier molecular flexibility index (Phi) is 3.34. The van der Waals surface area contributed by atoms with Crippen LogP contribution in [0.4, 0.5) is 0 Å². The molecule has 0 fully saturated rings. The molecule has 0 heterocycles. The Morgan fingerprint density at radius 3 is 2.20 bits per heavy atom. The fourth-order valence-electron chi connectivity index (χ4n) is 1.44. The topological polar surface area (TPSA) is 60.2 Å². The first-order valence-electron chi connectivity index (χ1n) is 4.09. The van der Waals surface area contributed by atoms with E-state index in [4.69, 9.17) is 5.14 Å². The predicted octanol–water partition coefficient (Wildman–Crippen LogP) is -1.51. The van der Waals surface area contributed by atoms with Crippen molar-refractivity contribution < 1.29 is 20.8 Å². The van der Waals surface area contributed by atoms with Crippen molar-refractivity contribution in [2.24, 2.45) is 5.14 Å². The molecule has 2 rings (SSSR count). The van der Waals surface area contributed by atoms with Gasteiger partial charge in [-0.2, -0.15) is 0 Å². The minimum atomic E-state index is -3.63. The summed E-state index contributed by atoms with van der Waals surface area (Å²) in [6.45, 7) is 0. The fourth-order valence-corrected chi connectivity index (χ4v) is 2.20. The monoisotopic (exact) mass is 242 g/mol. The van der Waals surface area contributed by atoms with E-state index >= 15 is 0 Å². The summed E-state index contributed by atoms with van der Waals surface area (Å²) in [5.74, 6) is 0. The molecule has 2 N–H and O–H groups in total. The van der Waals surface area contributed by atoms with Gasteiger partial charge in [-0.3, -0.25) is 0 Å². The van der Waals surface area contributed by atoms with Crippen LogP contribution in [0.15, 0.2) is 47.4 Å². The van der Waals surface area contributed by atoms with Crippen LogP contribution in [0.2, 0.25) is 0 Å². The minimum Gasteiger partial charge on any atom is -1.00 e. The van der Waals surface area contributed by atoms with E-state index in [0.29, 0.717) is 5.39 Å². The van der Waals surface area contributed by atoms with Crippen molar-refractivity contribution in [1.29, 1.82) is 0 Å². The van der Waals surface area contributed by atoms with Crippen molar-refractivity contribution in [3.8, 4) is 0 Å². The Balaban J connectivity index is 0.00000112. The normalized spacial score (nSPS) is 11.0. The van der Waals surface area contributed by atoms with E-state index in [-0.39, 0.29) is 17.3 Å². The van der Waals surface area contributed by atoms with Crippen LogP contribution < -0.4 is 17.5 Å². The maximum atomic E-state index is 11.2. The van der Waals surface area contributed by atoms with Crippen LogP contribution in [0, 0.1) is 0 Å². The van der Waals surface area contributed by atoms with Gasteiger partial charge in [-0.1, -0.05) is 36.4 Å². The van der Waals surface area contributed by atoms with Gasteiger partial charge in [0, 0.05) is 5.39 Å². The number of halogens is 1. The molecule has 0 unspecified atom stereocenters.